The summed E-state index contributed by atoms with van der Waals surface area (Å²) in [7, 11) is 1.84. The average molecular weight is 378 g/mol. The van der Waals surface area contributed by atoms with Crippen LogP contribution in [0.25, 0.3) is 11.1 Å². The van der Waals surface area contributed by atoms with Gasteiger partial charge in [0.2, 0.25) is 0 Å². The zero-order valence-corrected chi connectivity index (χ0v) is 16.4. The quantitative estimate of drug-likeness (QED) is 0.584. The van der Waals surface area contributed by atoms with Gasteiger partial charge in [-0.3, -0.25) is 0 Å². The van der Waals surface area contributed by atoms with Crippen LogP contribution in [0, 0.1) is 0 Å². The topological polar surface area (TPSA) is 53.2 Å². The molecule has 0 fully saturated rings. The first-order chi connectivity index (χ1) is 6.85. The van der Waals surface area contributed by atoms with Gasteiger partial charge in [-0.1, -0.05) is 6.92 Å². The number of nitrogens with one attached hydrogen (secondary N) is 2. The molecule has 0 aromatic heterocycles. The Morgan fingerprint density at radius 3 is 2.31 bits per heavy atom. The van der Waals surface area contributed by atoms with E-state index in [1.807, 2.05) is 7.05 Å². The number of likely N-dealkylation sites (N-methyl/N-ethyl adjacent to an activating group) is 1. The van der Waals surface area contributed by atoms with Crippen LogP contribution in [0.15, 0.2) is 0 Å². The van der Waals surface area contributed by atoms with E-state index in [9.17, 15) is 0 Å². The van der Waals surface area contributed by atoms with Gasteiger partial charge in [0, 0.05) is 78.5 Å². The van der Waals surface area contributed by atoms with Crippen LogP contribution in [0.2, 0.25) is 0 Å². The molecule has 0 aromatic rings. The van der Waals surface area contributed by atoms with E-state index in [0.717, 1.165) is 39.3 Å². The molecule has 0 saturated carbocycles. The second-order valence-electron chi connectivity index (χ2n) is 3.38. The summed E-state index contributed by atoms with van der Waals surface area (Å²) in [5.74, 6) is 0. The zero-order chi connectivity index (χ0) is 10.6. The molecule has 0 unspecified atom stereocenters. The maximum Gasteiger partial charge on any atom is 0.0105 e. The van der Waals surface area contributed by atoms with Crippen LogP contribution in [0.1, 0.15) is 13.3 Å². The van der Waals surface area contributed by atoms with E-state index >= 15 is 0 Å². The van der Waals surface area contributed by atoms with Crippen molar-refractivity contribution in [2.75, 3.05) is 52.9 Å². The summed E-state index contributed by atoms with van der Waals surface area (Å²) in [6, 6.07) is 0. The first-order valence-electron chi connectivity index (χ1n) is 5.48. The van der Waals surface area contributed by atoms with Crippen LogP contribution < -0.4 is 5.32 Å². The van der Waals surface area contributed by atoms with Crippen molar-refractivity contribution in [2.45, 2.75) is 13.3 Å². The van der Waals surface area contributed by atoms with Crippen molar-refractivity contribution in [3.8, 4) is 0 Å². The Morgan fingerprint density at radius 2 is 1.81 bits per heavy atom. The molecule has 0 heterocycles. The van der Waals surface area contributed by atoms with E-state index in [1.165, 1.54) is 6.42 Å². The monoisotopic (exact) mass is 378 g/mol. The summed E-state index contributed by atoms with van der Waals surface area (Å²) in [4.78, 5) is 2.29. The molecule has 4 nitrogen and oxygen atoms in total. The van der Waals surface area contributed by atoms with Gasteiger partial charge < -0.3 is 21.3 Å². The third kappa shape index (κ3) is 16.0. The standard InChI is InChI=1S/C10H24N4.2Y/c1-3-5-13-7-10-14(8-4-11)9-6-12-2;;/h11,13H,3-10H2,1-2H3;;/q-2;;. The second kappa shape index (κ2) is 19.4. The minimum atomic E-state index is 0. The van der Waals surface area contributed by atoms with Crippen molar-refractivity contribution in [1.29, 1.82) is 0 Å². The van der Waals surface area contributed by atoms with Crippen molar-refractivity contribution in [3.05, 3.63) is 11.1 Å². The Hall–Kier alpha value is 2.05. The molecule has 2 radical (unpaired) electrons. The Balaban J connectivity index is -0.000000845. The van der Waals surface area contributed by atoms with Gasteiger partial charge in [0.1, 0.15) is 0 Å². The Morgan fingerprint density at radius 1 is 1.12 bits per heavy atom. The summed E-state index contributed by atoms with van der Waals surface area (Å²) in [5, 5.41) is 7.45. The van der Waals surface area contributed by atoms with Gasteiger partial charge in [-0.25, -0.2) is 0 Å². The number of nitrogens with zero attached hydrogens (tertiary/aromatic N) is 2. The van der Waals surface area contributed by atoms with Gasteiger partial charge in [-0.05, 0) is 26.1 Å². The summed E-state index contributed by atoms with van der Waals surface area (Å²) in [5.41, 5.74) is 7.19. The molecule has 0 spiro atoms. The Labute approximate surface area is 151 Å². The first kappa shape index (κ1) is 23.2. The van der Waals surface area contributed by atoms with Crippen LogP contribution in [-0.2, 0) is 65.4 Å². The van der Waals surface area contributed by atoms with Crippen molar-refractivity contribution < 1.29 is 65.4 Å². The predicted octanol–water partition coefficient (Wildman–Crippen LogP) is 1.34. The molecule has 0 aliphatic rings. The fourth-order valence-electron chi connectivity index (χ4n) is 1.27. The third-order valence-electron chi connectivity index (χ3n) is 2.10. The molecule has 6 heteroatoms. The molecule has 0 amide bonds. The molecule has 2 N–H and O–H groups in total. The molecule has 0 saturated heterocycles. The Bertz CT molecular complexity index is 117. The van der Waals surface area contributed by atoms with Crippen LogP contribution in [0.4, 0.5) is 0 Å². The van der Waals surface area contributed by atoms with Gasteiger partial charge in [0.15, 0.2) is 0 Å². The Kier molecular flexibility index (Phi) is 28.1. The molecular weight excluding hydrogens is 354 g/mol. The van der Waals surface area contributed by atoms with E-state index in [-0.39, 0.29) is 65.4 Å². The van der Waals surface area contributed by atoms with Gasteiger partial charge >= 0.3 is 0 Å². The van der Waals surface area contributed by atoms with Crippen LogP contribution in [0.3, 0.4) is 0 Å². The molecule has 92 valence electrons. The van der Waals surface area contributed by atoms with E-state index in [0.29, 0.717) is 6.54 Å². The zero-order valence-electron chi connectivity index (χ0n) is 10.7. The normalized spacial score (nSPS) is 9.75. The SMILES string of the molecule is CCCNCCN(CC[NH-])CC[N-]C.[Y].[Y]. The van der Waals surface area contributed by atoms with Crippen LogP contribution in [0.5, 0.6) is 0 Å². The molecular formula is C10H24N4Y2-2. The fourth-order valence-corrected chi connectivity index (χ4v) is 1.27. The number of hydrogen-bond acceptors (Lipinski definition) is 2. The molecule has 0 atom stereocenters. The van der Waals surface area contributed by atoms with Crippen LogP contribution in [-0.4, -0.2) is 57.8 Å². The minimum Gasteiger partial charge on any atom is -0.676 e. The maximum absolute atomic E-state index is 7.19. The fraction of sp³-hybridized carbons (Fsp3) is 1.00. The summed E-state index contributed by atoms with van der Waals surface area (Å²) < 4.78 is 0. The summed E-state index contributed by atoms with van der Waals surface area (Å²) >= 11 is 0. The van der Waals surface area contributed by atoms with E-state index < -0.39 is 0 Å². The smallest absolute Gasteiger partial charge is 0.0105 e. The molecule has 0 bridgehead atoms. The minimum absolute atomic E-state index is 0. The van der Waals surface area contributed by atoms with E-state index in [1.54, 1.807) is 0 Å². The van der Waals surface area contributed by atoms with Gasteiger partial charge in [-0.2, -0.15) is 7.05 Å². The molecule has 0 rings (SSSR count). The van der Waals surface area contributed by atoms with E-state index in [2.05, 4.69) is 22.5 Å². The van der Waals surface area contributed by atoms with Crippen molar-refractivity contribution in [3.63, 3.8) is 0 Å². The predicted molar refractivity (Wildman–Crippen MR) is 62.9 cm³/mol. The van der Waals surface area contributed by atoms with Crippen molar-refractivity contribution in [1.82, 2.24) is 10.2 Å². The molecule has 0 aliphatic heterocycles. The largest absolute Gasteiger partial charge is 0.676 e. The molecule has 16 heavy (non-hydrogen) atoms. The van der Waals surface area contributed by atoms with E-state index in [4.69, 9.17) is 5.73 Å². The number of rotatable bonds is 10. The first-order valence-corrected chi connectivity index (χ1v) is 5.48. The van der Waals surface area contributed by atoms with Gasteiger partial charge in [0.25, 0.3) is 0 Å². The van der Waals surface area contributed by atoms with Crippen molar-refractivity contribution in [2.24, 2.45) is 0 Å². The average Bonchev–Trinajstić information content (AvgIpc) is 2.20. The summed E-state index contributed by atoms with van der Waals surface area (Å²) in [6.45, 7) is 8.54. The molecule has 0 aliphatic carbocycles. The second-order valence-corrected chi connectivity index (χ2v) is 3.38. The third-order valence-corrected chi connectivity index (χ3v) is 2.10. The van der Waals surface area contributed by atoms with Crippen LogP contribution >= 0.6 is 0 Å². The van der Waals surface area contributed by atoms with Gasteiger partial charge in [-0.15, -0.1) is 13.1 Å². The maximum atomic E-state index is 7.19. The van der Waals surface area contributed by atoms with Crippen molar-refractivity contribution >= 4 is 0 Å². The van der Waals surface area contributed by atoms with Gasteiger partial charge in [0.05, 0.1) is 0 Å². The summed E-state index contributed by atoms with van der Waals surface area (Å²) in [6.07, 6.45) is 1.18. The molecule has 0 aromatic carbocycles. The number of hydrogen-bond donors (Lipinski definition) is 1.